The Kier molecular flexibility index (Phi) is 4.18. The Bertz CT molecular complexity index is 172. The number of Topliss-reactive ketones (excluding diaryl/α,β-unsaturated/α-hetero) is 1. The van der Waals surface area contributed by atoms with Gasteiger partial charge in [-0.25, -0.2) is 0 Å². The van der Waals surface area contributed by atoms with Gasteiger partial charge in [-0.15, -0.1) is 6.58 Å². The van der Waals surface area contributed by atoms with E-state index >= 15 is 0 Å². The molecule has 0 bridgehead atoms. The van der Waals surface area contributed by atoms with Crippen molar-refractivity contribution in [1.29, 1.82) is 0 Å². The summed E-state index contributed by atoms with van der Waals surface area (Å²) in [5, 5.41) is 8.25. The highest BCUT2D eigenvalue weighted by Gasteiger charge is 2.14. The van der Waals surface area contributed by atoms with Crippen LogP contribution in [0.5, 0.6) is 0 Å². The first-order valence-electron chi connectivity index (χ1n) is 3.43. The van der Waals surface area contributed by atoms with Gasteiger partial charge in [0.1, 0.15) is 12.2 Å². The van der Waals surface area contributed by atoms with Gasteiger partial charge in [0.15, 0.2) is 0 Å². The summed E-state index contributed by atoms with van der Waals surface area (Å²) in [6.07, 6.45) is 1.78. The number of aliphatic carboxylic acids is 1. The average molecular weight is 156 g/mol. The van der Waals surface area contributed by atoms with Crippen LogP contribution in [0.4, 0.5) is 0 Å². The van der Waals surface area contributed by atoms with Crippen LogP contribution >= 0.6 is 0 Å². The Labute approximate surface area is 65.7 Å². The van der Waals surface area contributed by atoms with E-state index in [1.54, 1.807) is 13.0 Å². The Balaban J connectivity index is 3.82. The fraction of sp³-hybridized carbons (Fsp3) is 0.500. The molecule has 0 saturated carbocycles. The van der Waals surface area contributed by atoms with Crippen LogP contribution in [0.2, 0.25) is 0 Å². The molecule has 0 radical (unpaired) electrons. The van der Waals surface area contributed by atoms with Crippen LogP contribution in [0.25, 0.3) is 0 Å². The standard InChI is InChI=1S/C8H12O3/c1-3-4-6(2)7(9)5-8(10)11/h3,6H,1,4-5H2,2H3,(H,10,11). The minimum Gasteiger partial charge on any atom is -0.481 e. The van der Waals surface area contributed by atoms with E-state index in [4.69, 9.17) is 5.11 Å². The number of carbonyl (C=O) groups is 2. The normalized spacial score (nSPS) is 12.1. The number of carboxylic acids is 1. The van der Waals surface area contributed by atoms with Crippen LogP contribution < -0.4 is 0 Å². The highest BCUT2D eigenvalue weighted by Crippen LogP contribution is 2.05. The lowest BCUT2D eigenvalue weighted by Gasteiger charge is -2.03. The summed E-state index contributed by atoms with van der Waals surface area (Å²) in [5.74, 6) is -1.52. The minimum atomic E-state index is -1.06. The molecule has 1 unspecified atom stereocenters. The molecule has 0 amide bonds. The van der Waals surface area contributed by atoms with Crippen molar-refractivity contribution in [3.63, 3.8) is 0 Å². The molecule has 0 heterocycles. The Morgan fingerprint density at radius 3 is 2.55 bits per heavy atom. The van der Waals surface area contributed by atoms with Crippen molar-refractivity contribution in [3.05, 3.63) is 12.7 Å². The lowest BCUT2D eigenvalue weighted by Crippen LogP contribution is -2.14. The van der Waals surface area contributed by atoms with E-state index in [9.17, 15) is 9.59 Å². The van der Waals surface area contributed by atoms with Crippen LogP contribution in [0.1, 0.15) is 19.8 Å². The van der Waals surface area contributed by atoms with Crippen molar-refractivity contribution in [3.8, 4) is 0 Å². The molecule has 0 aromatic heterocycles. The van der Waals surface area contributed by atoms with Crippen molar-refractivity contribution >= 4 is 11.8 Å². The minimum absolute atomic E-state index is 0.219. The molecule has 0 saturated heterocycles. The summed E-state index contributed by atoms with van der Waals surface area (Å²) in [6.45, 7) is 5.16. The molecule has 0 fully saturated rings. The highest BCUT2D eigenvalue weighted by atomic mass is 16.4. The van der Waals surface area contributed by atoms with Gasteiger partial charge in [-0.2, -0.15) is 0 Å². The molecule has 0 aromatic carbocycles. The van der Waals surface area contributed by atoms with Gasteiger partial charge < -0.3 is 5.11 Å². The Hall–Kier alpha value is -1.12. The van der Waals surface area contributed by atoms with E-state index in [-0.39, 0.29) is 18.1 Å². The second-order valence-electron chi connectivity index (χ2n) is 2.46. The highest BCUT2D eigenvalue weighted by molar-refractivity contribution is 5.95. The molecule has 1 atom stereocenters. The SMILES string of the molecule is C=CCC(C)C(=O)CC(=O)O. The third-order valence-corrected chi connectivity index (χ3v) is 1.40. The number of hydrogen-bond donors (Lipinski definition) is 1. The molecule has 11 heavy (non-hydrogen) atoms. The molecule has 0 rings (SSSR count). The van der Waals surface area contributed by atoms with Gasteiger partial charge in [0, 0.05) is 5.92 Å². The van der Waals surface area contributed by atoms with Crippen LogP contribution in [-0.4, -0.2) is 16.9 Å². The first kappa shape index (κ1) is 9.88. The summed E-state index contributed by atoms with van der Waals surface area (Å²) in [4.78, 5) is 21.0. The van der Waals surface area contributed by atoms with Crippen molar-refractivity contribution in [2.24, 2.45) is 5.92 Å². The number of carbonyl (C=O) groups excluding carboxylic acids is 1. The molecular formula is C8H12O3. The van der Waals surface area contributed by atoms with Gasteiger partial charge in [0.2, 0.25) is 0 Å². The lowest BCUT2D eigenvalue weighted by atomic mass is 10.0. The van der Waals surface area contributed by atoms with Gasteiger partial charge >= 0.3 is 5.97 Å². The number of rotatable bonds is 5. The van der Waals surface area contributed by atoms with Crippen molar-refractivity contribution in [1.82, 2.24) is 0 Å². The molecule has 0 spiro atoms. The van der Waals surface area contributed by atoms with Gasteiger partial charge in [-0.3, -0.25) is 9.59 Å². The quantitative estimate of drug-likeness (QED) is 0.481. The fourth-order valence-electron chi connectivity index (χ4n) is 0.705. The zero-order chi connectivity index (χ0) is 8.85. The van der Waals surface area contributed by atoms with E-state index in [2.05, 4.69) is 6.58 Å². The zero-order valence-corrected chi connectivity index (χ0v) is 6.54. The average Bonchev–Trinajstić information content (AvgIpc) is 1.86. The predicted molar refractivity (Wildman–Crippen MR) is 41.2 cm³/mol. The maximum absolute atomic E-state index is 10.9. The molecule has 0 aromatic rings. The third kappa shape index (κ3) is 4.31. The lowest BCUT2D eigenvalue weighted by molar-refractivity contribution is -0.141. The maximum Gasteiger partial charge on any atom is 0.310 e. The molecule has 3 heteroatoms. The molecule has 0 aliphatic carbocycles. The summed E-state index contributed by atoms with van der Waals surface area (Å²) >= 11 is 0. The number of allylic oxidation sites excluding steroid dienone is 1. The van der Waals surface area contributed by atoms with Crippen molar-refractivity contribution in [2.45, 2.75) is 19.8 Å². The molecule has 0 aliphatic rings. The first-order chi connectivity index (χ1) is 5.07. The van der Waals surface area contributed by atoms with E-state index in [0.717, 1.165) is 0 Å². The molecule has 1 N–H and O–H groups in total. The van der Waals surface area contributed by atoms with Crippen LogP contribution in [0, 0.1) is 5.92 Å². The fourth-order valence-corrected chi connectivity index (χ4v) is 0.705. The summed E-state index contributed by atoms with van der Waals surface area (Å²) in [7, 11) is 0. The summed E-state index contributed by atoms with van der Waals surface area (Å²) in [5.41, 5.74) is 0. The van der Waals surface area contributed by atoms with Crippen LogP contribution in [-0.2, 0) is 9.59 Å². The van der Waals surface area contributed by atoms with Gasteiger partial charge in [-0.05, 0) is 6.42 Å². The molecule has 3 nitrogen and oxygen atoms in total. The van der Waals surface area contributed by atoms with Gasteiger partial charge in [-0.1, -0.05) is 13.0 Å². The van der Waals surface area contributed by atoms with Crippen molar-refractivity contribution in [2.75, 3.05) is 0 Å². The smallest absolute Gasteiger partial charge is 0.310 e. The third-order valence-electron chi connectivity index (χ3n) is 1.40. The molecular weight excluding hydrogens is 144 g/mol. The van der Waals surface area contributed by atoms with E-state index in [1.807, 2.05) is 0 Å². The summed E-state index contributed by atoms with van der Waals surface area (Å²) in [6, 6.07) is 0. The van der Waals surface area contributed by atoms with Crippen molar-refractivity contribution < 1.29 is 14.7 Å². The van der Waals surface area contributed by atoms with Crippen LogP contribution in [0.3, 0.4) is 0 Å². The van der Waals surface area contributed by atoms with E-state index in [0.29, 0.717) is 6.42 Å². The number of hydrogen-bond acceptors (Lipinski definition) is 2. The second-order valence-corrected chi connectivity index (χ2v) is 2.46. The van der Waals surface area contributed by atoms with Crippen LogP contribution in [0.15, 0.2) is 12.7 Å². The largest absolute Gasteiger partial charge is 0.481 e. The second kappa shape index (κ2) is 4.66. The molecule has 62 valence electrons. The Morgan fingerprint density at radius 1 is 1.64 bits per heavy atom. The monoisotopic (exact) mass is 156 g/mol. The molecule has 0 aliphatic heterocycles. The zero-order valence-electron chi connectivity index (χ0n) is 6.54. The number of carboxylic acid groups (broad SMARTS) is 1. The van der Waals surface area contributed by atoms with E-state index in [1.165, 1.54) is 0 Å². The van der Waals surface area contributed by atoms with E-state index < -0.39 is 5.97 Å². The summed E-state index contributed by atoms with van der Waals surface area (Å²) < 4.78 is 0. The van der Waals surface area contributed by atoms with Gasteiger partial charge in [0.25, 0.3) is 0 Å². The van der Waals surface area contributed by atoms with Gasteiger partial charge in [0.05, 0.1) is 0 Å². The predicted octanol–water partition coefficient (Wildman–Crippen LogP) is 1.24. The first-order valence-corrected chi connectivity index (χ1v) is 3.43. The maximum atomic E-state index is 10.9. The topological polar surface area (TPSA) is 54.4 Å². The Morgan fingerprint density at radius 2 is 2.18 bits per heavy atom. The number of ketones is 1.